The molecule has 0 aromatic heterocycles. The van der Waals surface area contributed by atoms with E-state index in [9.17, 15) is 4.79 Å². The molecule has 0 aromatic rings. The second-order valence-electron chi connectivity index (χ2n) is 7.66. The van der Waals surface area contributed by atoms with Gasteiger partial charge in [0.25, 0.3) is 0 Å². The van der Waals surface area contributed by atoms with Crippen molar-refractivity contribution in [3.8, 4) is 0 Å². The van der Waals surface area contributed by atoms with Crippen molar-refractivity contribution in [3.05, 3.63) is 0 Å². The third-order valence-corrected chi connectivity index (χ3v) is 3.83. The lowest BCUT2D eigenvalue weighted by Gasteiger charge is -2.44. The number of ether oxygens (including phenoxy) is 1. The number of nitrogens with zero attached hydrogens (tertiary/aromatic N) is 1. The van der Waals surface area contributed by atoms with E-state index in [4.69, 9.17) is 10.5 Å². The zero-order valence-electron chi connectivity index (χ0n) is 13.3. The van der Waals surface area contributed by atoms with Gasteiger partial charge in [0.15, 0.2) is 0 Å². The molecule has 1 amide bonds. The minimum Gasteiger partial charge on any atom is -0.444 e. The SMILES string of the molecule is CC(C)(C)OC(=O)N1C[C@H](C(C)(C)C)CC[C@@H]1CN. The number of nitrogens with two attached hydrogens (primary N) is 1. The van der Waals surface area contributed by atoms with E-state index in [0.717, 1.165) is 19.4 Å². The number of rotatable bonds is 1. The Morgan fingerprint density at radius 1 is 1.21 bits per heavy atom. The van der Waals surface area contributed by atoms with Gasteiger partial charge in [0.05, 0.1) is 0 Å². The molecule has 0 radical (unpaired) electrons. The van der Waals surface area contributed by atoms with Crippen LogP contribution in [0.1, 0.15) is 54.4 Å². The van der Waals surface area contributed by atoms with Gasteiger partial charge >= 0.3 is 6.09 Å². The zero-order valence-corrected chi connectivity index (χ0v) is 13.3. The number of carbonyl (C=O) groups is 1. The summed E-state index contributed by atoms with van der Waals surface area (Å²) in [5.74, 6) is 0.503. The van der Waals surface area contributed by atoms with Crippen LogP contribution in [0.2, 0.25) is 0 Å². The number of carbonyl (C=O) groups excluding carboxylic acids is 1. The molecule has 0 aromatic carbocycles. The Bertz CT molecular complexity index is 315. The van der Waals surface area contributed by atoms with Crippen molar-refractivity contribution < 1.29 is 9.53 Å². The summed E-state index contributed by atoms with van der Waals surface area (Å²) in [6, 6.07) is 0.119. The van der Waals surface area contributed by atoms with Gasteiger partial charge in [-0.2, -0.15) is 0 Å². The van der Waals surface area contributed by atoms with Gasteiger partial charge in [0.1, 0.15) is 5.60 Å². The first-order valence-electron chi connectivity index (χ1n) is 7.24. The molecule has 0 aliphatic carbocycles. The molecule has 112 valence electrons. The fourth-order valence-electron chi connectivity index (χ4n) is 2.52. The predicted molar refractivity (Wildman–Crippen MR) is 78.0 cm³/mol. The summed E-state index contributed by atoms with van der Waals surface area (Å²) in [5.41, 5.74) is 5.55. The smallest absolute Gasteiger partial charge is 0.410 e. The van der Waals surface area contributed by atoms with Crippen molar-refractivity contribution in [1.82, 2.24) is 4.90 Å². The molecule has 19 heavy (non-hydrogen) atoms. The molecule has 1 aliphatic heterocycles. The minimum absolute atomic E-state index is 0.119. The lowest BCUT2D eigenvalue weighted by atomic mass is 9.75. The van der Waals surface area contributed by atoms with E-state index in [-0.39, 0.29) is 17.6 Å². The number of hydrogen-bond donors (Lipinski definition) is 1. The van der Waals surface area contributed by atoms with E-state index in [0.29, 0.717) is 12.5 Å². The van der Waals surface area contributed by atoms with Crippen LogP contribution >= 0.6 is 0 Å². The molecule has 1 rings (SSSR count). The van der Waals surface area contributed by atoms with Crippen molar-refractivity contribution in [2.45, 2.75) is 66.0 Å². The summed E-state index contributed by atoms with van der Waals surface area (Å²) in [5, 5.41) is 0. The maximum Gasteiger partial charge on any atom is 0.410 e. The van der Waals surface area contributed by atoms with Crippen molar-refractivity contribution in [2.24, 2.45) is 17.1 Å². The van der Waals surface area contributed by atoms with Crippen molar-refractivity contribution in [3.63, 3.8) is 0 Å². The highest BCUT2D eigenvalue weighted by atomic mass is 16.6. The van der Waals surface area contributed by atoms with Gasteiger partial charge in [-0.15, -0.1) is 0 Å². The summed E-state index contributed by atoms with van der Waals surface area (Å²) in [6.45, 7) is 13.6. The van der Waals surface area contributed by atoms with Crippen molar-refractivity contribution in [1.29, 1.82) is 0 Å². The minimum atomic E-state index is -0.453. The largest absolute Gasteiger partial charge is 0.444 e. The van der Waals surface area contributed by atoms with Crippen LogP contribution in [0.15, 0.2) is 0 Å². The van der Waals surface area contributed by atoms with Crippen LogP contribution in [0.4, 0.5) is 4.79 Å². The molecule has 4 heteroatoms. The van der Waals surface area contributed by atoms with E-state index in [1.54, 1.807) is 0 Å². The van der Waals surface area contributed by atoms with E-state index in [2.05, 4.69) is 20.8 Å². The number of likely N-dealkylation sites (tertiary alicyclic amines) is 1. The van der Waals surface area contributed by atoms with Crippen LogP contribution in [0.25, 0.3) is 0 Å². The molecule has 1 fully saturated rings. The summed E-state index contributed by atoms with van der Waals surface area (Å²) in [6.07, 6.45) is 1.87. The Labute approximate surface area is 117 Å². The number of hydrogen-bond acceptors (Lipinski definition) is 3. The summed E-state index contributed by atoms with van der Waals surface area (Å²) >= 11 is 0. The van der Waals surface area contributed by atoms with Gasteiger partial charge in [-0.3, -0.25) is 0 Å². The van der Waals surface area contributed by atoms with E-state index >= 15 is 0 Å². The van der Waals surface area contributed by atoms with Gasteiger partial charge in [-0.25, -0.2) is 4.79 Å². The van der Waals surface area contributed by atoms with Crippen LogP contribution in [-0.4, -0.2) is 35.7 Å². The first-order chi connectivity index (χ1) is 8.54. The van der Waals surface area contributed by atoms with E-state index in [1.165, 1.54) is 0 Å². The van der Waals surface area contributed by atoms with Crippen LogP contribution in [-0.2, 0) is 4.74 Å². The molecule has 1 heterocycles. The second kappa shape index (κ2) is 5.70. The molecular weight excluding hydrogens is 240 g/mol. The Hall–Kier alpha value is -0.770. The lowest BCUT2D eigenvalue weighted by molar-refractivity contribution is -0.00585. The third kappa shape index (κ3) is 4.68. The molecular formula is C15H30N2O2. The van der Waals surface area contributed by atoms with Crippen LogP contribution in [0.3, 0.4) is 0 Å². The van der Waals surface area contributed by atoms with Crippen LogP contribution < -0.4 is 5.73 Å². The van der Waals surface area contributed by atoms with Gasteiger partial charge in [-0.1, -0.05) is 20.8 Å². The van der Waals surface area contributed by atoms with Crippen molar-refractivity contribution >= 4 is 6.09 Å². The molecule has 0 unspecified atom stereocenters. The molecule has 1 saturated heterocycles. The van der Waals surface area contributed by atoms with Gasteiger partial charge in [0, 0.05) is 19.1 Å². The normalized spacial score (nSPS) is 25.3. The van der Waals surface area contributed by atoms with E-state index in [1.807, 2.05) is 25.7 Å². The van der Waals surface area contributed by atoms with Crippen LogP contribution in [0.5, 0.6) is 0 Å². The quantitative estimate of drug-likeness (QED) is 0.797. The first kappa shape index (κ1) is 16.3. The van der Waals surface area contributed by atoms with Gasteiger partial charge in [-0.05, 0) is 44.9 Å². The summed E-state index contributed by atoms with van der Waals surface area (Å²) in [4.78, 5) is 14.1. The second-order valence-corrected chi connectivity index (χ2v) is 7.66. The molecule has 4 nitrogen and oxygen atoms in total. The third-order valence-electron chi connectivity index (χ3n) is 3.83. The molecule has 0 saturated carbocycles. The highest BCUT2D eigenvalue weighted by Crippen LogP contribution is 2.35. The molecule has 2 atom stereocenters. The lowest BCUT2D eigenvalue weighted by Crippen LogP contribution is -2.53. The standard InChI is InChI=1S/C15H30N2O2/c1-14(2,3)11-7-8-12(9-16)17(10-11)13(18)19-15(4,5)6/h11-12H,7-10,16H2,1-6H3/t11-,12-/m1/s1. The van der Waals surface area contributed by atoms with Crippen molar-refractivity contribution in [2.75, 3.05) is 13.1 Å². The number of amides is 1. The molecule has 0 spiro atoms. The van der Waals surface area contributed by atoms with E-state index < -0.39 is 5.60 Å². The molecule has 2 N–H and O–H groups in total. The Morgan fingerprint density at radius 2 is 1.79 bits per heavy atom. The monoisotopic (exact) mass is 270 g/mol. The van der Waals surface area contributed by atoms with Crippen LogP contribution in [0, 0.1) is 11.3 Å². The average Bonchev–Trinajstić information content (AvgIpc) is 2.24. The number of piperidine rings is 1. The Kier molecular flexibility index (Phi) is 4.88. The summed E-state index contributed by atoms with van der Waals surface area (Å²) in [7, 11) is 0. The highest BCUT2D eigenvalue weighted by Gasteiger charge is 2.37. The molecule has 0 bridgehead atoms. The first-order valence-corrected chi connectivity index (χ1v) is 7.24. The van der Waals surface area contributed by atoms with Gasteiger partial charge in [0.2, 0.25) is 0 Å². The Morgan fingerprint density at radius 3 is 2.21 bits per heavy atom. The predicted octanol–water partition coefficient (Wildman–Crippen LogP) is 3.01. The maximum atomic E-state index is 12.3. The Balaban J connectivity index is 2.78. The summed E-state index contributed by atoms with van der Waals surface area (Å²) < 4.78 is 5.50. The fourth-order valence-corrected chi connectivity index (χ4v) is 2.52. The molecule has 1 aliphatic rings. The highest BCUT2D eigenvalue weighted by molar-refractivity contribution is 5.68. The average molecular weight is 270 g/mol. The zero-order chi connectivity index (χ0) is 14.8. The fraction of sp³-hybridized carbons (Fsp3) is 0.933. The topological polar surface area (TPSA) is 55.6 Å². The maximum absolute atomic E-state index is 12.3. The van der Waals surface area contributed by atoms with Gasteiger partial charge < -0.3 is 15.4 Å².